The van der Waals surface area contributed by atoms with E-state index in [1.165, 1.54) is 0 Å². The molecule has 1 aromatic heterocycles. The molecule has 0 spiro atoms. The number of nitrogens with one attached hydrogen (secondary N) is 3. The standard InChI is InChI=1S/C12H13N3O2/c1-6-4-8(6)11(16)13-7-2-3-9-10(5-7)15-12(17)14-9/h2-3,5-6,8H,4H2,1H3,(H,13,16)(H2,14,15,17)/t6-,8+/m1/s1. The zero-order valence-corrected chi connectivity index (χ0v) is 9.41. The van der Waals surface area contributed by atoms with Crippen LogP contribution in [0.2, 0.25) is 0 Å². The number of rotatable bonds is 2. The maximum Gasteiger partial charge on any atom is 0.323 e. The Bertz CT molecular complexity index is 640. The number of aromatic amines is 2. The molecule has 3 N–H and O–H groups in total. The SMILES string of the molecule is C[C@@H]1C[C@@H]1C(=O)Nc1ccc2[nH]c(=O)[nH]c2c1. The van der Waals surface area contributed by atoms with Crippen LogP contribution in [0.1, 0.15) is 13.3 Å². The minimum absolute atomic E-state index is 0.0646. The quantitative estimate of drug-likeness (QED) is 0.731. The Morgan fingerprint density at radius 2 is 2.06 bits per heavy atom. The molecule has 0 radical (unpaired) electrons. The summed E-state index contributed by atoms with van der Waals surface area (Å²) in [5.74, 6) is 0.705. The fourth-order valence-electron chi connectivity index (χ4n) is 2.03. The molecule has 5 nitrogen and oxygen atoms in total. The first-order valence-corrected chi connectivity index (χ1v) is 5.66. The molecule has 1 amide bonds. The van der Waals surface area contributed by atoms with E-state index >= 15 is 0 Å². The van der Waals surface area contributed by atoms with Crippen LogP contribution in [-0.4, -0.2) is 15.9 Å². The van der Waals surface area contributed by atoms with Crippen LogP contribution in [0.25, 0.3) is 11.0 Å². The van der Waals surface area contributed by atoms with Crippen LogP contribution < -0.4 is 11.0 Å². The molecule has 2 atom stereocenters. The van der Waals surface area contributed by atoms with Gasteiger partial charge in [-0.25, -0.2) is 4.79 Å². The van der Waals surface area contributed by atoms with Gasteiger partial charge in [0.05, 0.1) is 11.0 Å². The van der Waals surface area contributed by atoms with Gasteiger partial charge in [-0.15, -0.1) is 0 Å². The van der Waals surface area contributed by atoms with Gasteiger partial charge in [0.15, 0.2) is 0 Å². The summed E-state index contributed by atoms with van der Waals surface area (Å²) in [6, 6.07) is 5.33. The molecule has 0 saturated heterocycles. The number of imidazole rings is 1. The lowest BCUT2D eigenvalue weighted by molar-refractivity contribution is -0.117. The van der Waals surface area contributed by atoms with Crippen molar-refractivity contribution < 1.29 is 4.79 Å². The van der Waals surface area contributed by atoms with Crippen LogP contribution in [0.4, 0.5) is 5.69 Å². The number of anilines is 1. The van der Waals surface area contributed by atoms with E-state index in [2.05, 4.69) is 22.2 Å². The fraction of sp³-hybridized carbons (Fsp3) is 0.333. The molecule has 88 valence electrons. The highest BCUT2D eigenvalue weighted by atomic mass is 16.2. The molecule has 1 heterocycles. The maximum atomic E-state index is 11.7. The van der Waals surface area contributed by atoms with E-state index in [0.29, 0.717) is 11.4 Å². The Kier molecular flexibility index (Phi) is 2.07. The molecule has 1 fully saturated rings. The highest BCUT2D eigenvalue weighted by molar-refractivity contribution is 5.95. The predicted octanol–water partition coefficient (Wildman–Crippen LogP) is 1.45. The van der Waals surface area contributed by atoms with Crippen molar-refractivity contribution in [1.82, 2.24) is 9.97 Å². The summed E-state index contributed by atoms with van der Waals surface area (Å²) in [6.45, 7) is 2.07. The van der Waals surface area contributed by atoms with Crippen molar-refractivity contribution in [2.24, 2.45) is 11.8 Å². The number of benzene rings is 1. The van der Waals surface area contributed by atoms with Crippen LogP contribution in [0.15, 0.2) is 23.0 Å². The first kappa shape index (κ1) is 10.1. The molecule has 1 aliphatic carbocycles. The molecular formula is C12H13N3O2. The molecule has 2 aromatic rings. The second-order valence-electron chi connectivity index (χ2n) is 4.65. The van der Waals surface area contributed by atoms with Gasteiger partial charge >= 0.3 is 5.69 Å². The molecule has 1 aromatic carbocycles. The Hall–Kier alpha value is -2.04. The van der Waals surface area contributed by atoms with Crippen molar-refractivity contribution in [3.63, 3.8) is 0 Å². The minimum atomic E-state index is -0.237. The van der Waals surface area contributed by atoms with Crippen molar-refractivity contribution in [1.29, 1.82) is 0 Å². The molecule has 0 bridgehead atoms. The lowest BCUT2D eigenvalue weighted by Gasteiger charge is -2.03. The van der Waals surface area contributed by atoms with E-state index in [1.54, 1.807) is 18.2 Å². The summed E-state index contributed by atoms with van der Waals surface area (Å²) in [4.78, 5) is 28.1. The van der Waals surface area contributed by atoms with Gasteiger partial charge in [0, 0.05) is 11.6 Å². The smallest absolute Gasteiger partial charge is 0.323 e. The Morgan fingerprint density at radius 1 is 1.35 bits per heavy atom. The zero-order valence-electron chi connectivity index (χ0n) is 9.41. The minimum Gasteiger partial charge on any atom is -0.326 e. The van der Waals surface area contributed by atoms with Gasteiger partial charge in [-0.3, -0.25) is 4.79 Å². The zero-order chi connectivity index (χ0) is 12.0. The normalized spacial score (nSPS) is 22.6. The number of carbonyl (C=O) groups excluding carboxylic acids is 1. The van der Waals surface area contributed by atoms with Crippen molar-refractivity contribution in [2.45, 2.75) is 13.3 Å². The number of fused-ring (bicyclic) bond motifs is 1. The number of carbonyl (C=O) groups is 1. The van der Waals surface area contributed by atoms with E-state index < -0.39 is 0 Å². The Balaban J connectivity index is 1.85. The third-order valence-corrected chi connectivity index (χ3v) is 3.23. The van der Waals surface area contributed by atoms with Gasteiger partial charge in [-0.2, -0.15) is 0 Å². The summed E-state index contributed by atoms with van der Waals surface area (Å²) < 4.78 is 0. The van der Waals surface area contributed by atoms with E-state index in [-0.39, 0.29) is 17.5 Å². The van der Waals surface area contributed by atoms with E-state index in [9.17, 15) is 9.59 Å². The number of H-pyrrole nitrogens is 2. The number of hydrogen-bond acceptors (Lipinski definition) is 2. The Labute approximate surface area is 97.2 Å². The first-order chi connectivity index (χ1) is 8.13. The lowest BCUT2D eigenvalue weighted by atomic mass is 10.2. The van der Waals surface area contributed by atoms with E-state index in [0.717, 1.165) is 17.6 Å². The van der Waals surface area contributed by atoms with Crippen LogP contribution in [0.5, 0.6) is 0 Å². The molecule has 0 aliphatic heterocycles. The summed E-state index contributed by atoms with van der Waals surface area (Å²) in [5, 5.41) is 2.86. The first-order valence-electron chi connectivity index (χ1n) is 5.66. The van der Waals surface area contributed by atoms with Crippen LogP contribution in [-0.2, 0) is 4.79 Å². The van der Waals surface area contributed by atoms with E-state index in [4.69, 9.17) is 0 Å². The monoisotopic (exact) mass is 231 g/mol. The predicted molar refractivity (Wildman–Crippen MR) is 64.8 cm³/mol. The van der Waals surface area contributed by atoms with Gasteiger partial charge in [-0.1, -0.05) is 6.92 Å². The van der Waals surface area contributed by atoms with Crippen molar-refractivity contribution in [2.75, 3.05) is 5.32 Å². The average molecular weight is 231 g/mol. The molecular weight excluding hydrogens is 218 g/mol. The second kappa shape index (κ2) is 3.48. The third kappa shape index (κ3) is 1.84. The summed E-state index contributed by atoms with van der Waals surface area (Å²) >= 11 is 0. The van der Waals surface area contributed by atoms with Crippen molar-refractivity contribution in [3.8, 4) is 0 Å². The highest BCUT2D eigenvalue weighted by Gasteiger charge is 2.39. The molecule has 1 aliphatic rings. The fourth-order valence-corrected chi connectivity index (χ4v) is 2.03. The van der Waals surface area contributed by atoms with Crippen LogP contribution >= 0.6 is 0 Å². The van der Waals surface area contributed by atoms with Crippen LogP contribution in [0, 0.1) is 11.8 Å². The molecule has 17 heavy (non-hydrogen) atoms. The number of aromatic nitrogens is 2. The number of hydrogen-bond donors (Lipinski definition) is 3. The molecule has 3 rings (SSSR count). The third-order valence-electron chi connectivity index (χ3n) is 3.23. The molecule has 0 unspecified atom stereocenters. The lowest BCUT2D eigenvalue weighted by Crippen LogP contribution is -2.14. The Morgan fingerprint density at radius 3 is 2.76 bits per heavy atom. The van der Waals surface area contributed by atoms with Gasteiger partial charge in [0.1, 0.15) is 0 Å². The van der Waals surface area contributed by atoms with Crippen molar-refractivity contribution in [3.05, 3.63) is 28.7 Å². The summed E-state index contributed by atoms with van der Waals surface area (Å²) in [5.41, 5.74) is 1.93. The largest absolute Gasteiger partial charge is 0.326 e. The highest BCUT2D eigenvalue weighted by Crippen LogP contribution is 2.38. The van der Waals surface area contributed by atoms with Gasteiger partial charge < -0.3 is 15.3 Å². The second-order valence-corrected chi connectivity index (χ2v) is 4.65. The van der Waals surface area contributed by atoms with E-state index in [1.807, 2.05) is 0 Å². The molecule has 1 saturated carbocycles. The van der Waals surface area contributed by atoms with Crippen LogP contribution in [0.3, 0.4) is 0 Å². The average Bonchev–Trinajstić information content (AvgIpc) is 2.87. The maximum absolute atomic E-state index is 11.7. The van der Waals surface area contributed by atoms with Gasteiger partial charge in [0.25, 0.3) is 0 Å². The topological polar surface area (TPSA) is 77.8 Å². The van der Waals surface area contributed by atoms with Crippen molar-refractivity contribution >= 4 is 22.6 Å². The van der Waals surface area contributed by atoms with Gasteiger partial charge in [0.2, 0.25) is 5.91 Å². The molecule has 5 heteroatoms. The summed E-state index contributed by atoms with van der Waals surface area (Å²) in [7, 11) is 0. The van der Waals surface area contributed by atoms with Gasteiger partial charge in [-0.05, 0) is 30.5 Å². The number of amides is 1. The summed E-state index contributed by atoms with van der Waals surface area (Å²) in [6.07, 6.45) is 0.967.